The Balaban J connectivity index is 1.62. The predicted octanol–water partition coefficient (Wildman–Crippen LogP) is 4.41. The number of alkyl carbamates (subject to hydrolysis) is 1. The lowest BCUT2D eigenvalue weighted by molar-refractivity contribution is -0.148. The first-order chi connectivity index (χ1) is 15.6. The molecule has 0 radical (unpaired) electrons. The van der Waals surface area contributed by atoms with Crippen molar-refractivity contribution in [3.8, 4) is 11.1 Å². The molecule has 0 aromatic heterocycles. The van der Waals surface area contributed by atoms with Gasteiger partial charge in [-0.15, -0.1) is 0 Å². The van der Waals surface area contributed by atoms with Crippen LogP contribution in [-0.4, -0.2) is 52.7 Å². The Bertz CT molecular complexity index is 982. The summed E-state index contributed by atoms with van der Waals surface area (Å²) in [7, 11) is 0. The number of carbonyl (C=O) groups is 3. The summed E-state index contributed by atoms with van der Waals surface area (Å²) in [6.45, 7) is 7.02. The molecule has 7 heteroatoms. The number of amides is 2. The minimum atomic E-state index is -1.07. The van der Waals surface area contributed by atoms with Crippen molar-refractivity contribution in [3.63, 3.8) is 0 Å². The van der Waals surface area contributed by atoms with Crippen LogP contribution in [0.5, 0.6) is 0 Å². The van der Waals surface area contributed by atoms with E-state index in [9.17, 15) is 14.4 Å². The van der Waals surface area contributed by atoms with Gasteiger partial charge in [0.25, 0.3) is 0 Å². The van der Waals surface area contributed by atoms with Crippen molar-refractivity contribution in [3.05, 3.63) is 59.7 Å². The number of aliphatic carboxylic acids is 1. The topological polar surface area (TPSA) is 95.9 Å². The summed E-state index contributed by atoms with van der Waals surface area (Å²) in [5.41, 5.74) is 3.92. The van der Waals surface area contributed by atoms with Crippen molar-refractivity contribution in [1.29, 1.82) is 0 Å². The van der Waals surface area contributed by atoms with Gasteiger partial charge >= 0.3 is 12.1 Å². The van der Waals surface area contributed by atoms with Crippen molar-refractivity contribution in [2.75, 3.05) is 13.2 Å². The Morgan fingerprint density at radius 1 is 1.03 bits per heavy atom. The minimum Gasteiger partial charge on any atom is -0.480 e. The monoisotopic (exact) mass is 452 g/mol. The van der Waals surface area contributed by atoms with Gasteiger partial charge in [0.1, 0.15) is 13.2 Å². The number of hydrogen-bond acceptors (Lipinski definition) is 4. The van der Waals surface area contributed by atoms with Crippen LogP contribution in [0.1, 0.15) is 57.6 Å². The van der Waals surface area contributed by atoms with Crippen molar-refractivity contribution < 1.29 is 24.2 Å². The van der Waals surface area contributed by atoms with Gasteiger partial charge in [0.2, 0.25) is 5.91 Å². The maximum Gasteiger partial charge on any atom is 0.407 e. The van der Waals surface area contributed by atoms with E-state index < -0.39 is 23.6 Å². The van der Waals surface area contributed by atoms with Gasteiger partial charge in [-0.2, -0.15) is 0 Å². The molecular formula is C26H32N2O5. The molecule has 2 aromatic rings. The fourth-order valence-corrected chi connectivity index (χ4v) is 4.26. The summed E-state index contributed by atoms with van der Waals surface area (Å²) in [4.78, 5) is 37.9. The van der Waals surface area contributed by atoms with E-state index in [0.29, 0.717) is 6.42 Å². The van der Waals surface area contributed by atoms with E-state index in [1.54, 1.807) is 20.8 Å². The predicted molar refractivity (Wildman–Crippen MR) is 126 cm³/mol. The molecule has 1 atom stereocenters. The summed E-state index contributed by atoms with van der Waals surface area (Å²) >= 11 is 0. The maximum atomic E-state index is 12.8. The third-order valence-corrected chi connectivity index (χ3v) is 5.98. The Morgan fingerprint density at radius 2 is 1.58 bits per heavy atom. The SMILES string of the molecule is CC[C@@H](CC(=O)N(CC(=O)O)C(C)(C)C)NC(=O)OCC1c2ccccc2-c2ccccc21. The molecule has 0 fully saturated rings. The standard InChI is InChI=1S/C26H32N2O5/c1-5-17(14-23(29)28(15-24(30)31)26(2,3)4)27-25(32)33-16-22-20-12-8-6-10-18(20)19-11-7-9-13-21(19)22/h6-13,17,22H,5,14-16H2,1-4H3,(H,27,32)(H,30,31)/t17-/m0/s1. The Morgan fingerprint density at radius 3 is 2.06 bits per heavy atom. The molecule has 0 bridgehead atoms. The lowest BCUT2D eigenvalue weighted by Crippen LogP contribution is -2.50. The van der Waals surface area contributed by atoms with Gasteiger partial charge in [0.15, 0.2) is 0 Å². The largest absolute Gasteiger partial charge is 0.480 e. The Kier molecular flexibility index (Phi) is 7.41. The summed E-state index contributed by atoms with van der Waals surface area (Å²) in [5.74, 6) is -1.44. The van der Waals surface area contributed by atoms with Crippen LogP contribution in [0, 0.1) is 0 Å². The van der Waals surface area contributed by atoms with Crippen LogP contribution < -0.4 is 5.32 Å². The number of nitrogens with zero attached hydrogens (tertiary/aromatic N) is 1. The molecule has 3 rings (SSSR count). The summed E-state index contributed by atoms with van der Waals surface area (Å²) < 4.78 is 5.58. The first kappa shape index (κ1) is 24.3. The number of carbonyl (C=O) groups excluding carboxylic acids is 2. The zero-order chi connectivity index (χ0) is 24.2. The Labute approximate surface area is 194 Å². The molecule has 0 unspecified atom stereocenters. The van der Waals surface area contributed by atoms with E-state index in [2.05, 4.69) is 29.6 Å². The third-order valence-electron chi connectivity index (χ3n) is 5.98. The highest BCUT2D eigenvalue weighted by Crippen LogP contribution is 2.44. The van der Waals surface area contributed by atoms with E-state index in [1.807, 2.05) is 31.2 Å². The number of carboxylic acid groups (broad SMARTS) is 1. The highest BCUT2D eigenvalue weighted by molar-refractivity contribution is 5.83. The van der Waals surface area contributed by atoms with Crippen molar-refractivity contribution in [1.82, 2.24) is 10.2 Å². The quantitative estimate of drug-likeness (QED) is 0.619. The van der Waals surface area contributed by atoms with E-state index >= 15 is 0 Å². The molecule has 7 nitrogen and oxygen atoms in total. The Hall–Kier alpha value is -3.35. The number of benzene rings is 2. The van der Waals surface area contributed by atoms with Crippen molar-refractivity contribution in [2.45, 2.75) is 58.0 Å². The molecule has 1 aliphatic carbocycles. The molecule has 0 aliphatic heterocycles. The van der Waals surface area contributed by atoms with Crippen molar-refractivity contribution in [2.24, 2.45) is 0 Å². The molecule has 176 valence electrons. The van der Waals surface area contributed by atoms with E-state index in [-0.39, 0.29) is 31.4 Å². The second-order valence-electron chi connectivity index (χ2n) is 9.32. The molecule has 0 heterocycles. The fraction of sp³-hybridized carbons (Fsp3) is 0.423. The van der Waals surface area contributed by atoms with Crippen LogP contribution in [0.4, 0.5) is 4.79 Å². The summed E-state index contributed by atoms with van der Waals surface area (Å²) in [6.07, 6.45) is -0.0660. The maximum absolute atomic E-state index is 12.8. The zero-order valence-corrected chi connectivity index (χ0v) is 19.6. The third kappa shape index (κ3) is 5.72. The van der Waals surface area contributed by atoms with Gasteiger partial charge in [0.05, 0.1) is 0 Å². The zero-order valence-electron chi connectivity index (χ0n) is 19.6. The van der Waals surface area contributed by atoms with Gasteiger partial charge in [-0.1, -0.05) is 55.5 Å². The highest BCUT2D eigenvalue weighted by atomic mass is 16.5. The lowest BCUT2D eigenvalue weighted by Gasteiger charge is -2.35. The van der Waals surface area contributed by atoms with Gasteiger partial charge in [-0.05, 0) is 49.4 Å². The number of hydrogen-bond donors (Lipinski definition) is 2. The molecule has 1 aliphatic rings. The van der Waals surface area contributed by atoms with Crippen LogP contribution in [-0.2, 0) is 14.3 Å². The van der Waals surface area contributed by atoms with Crippen LogP contribution in [0.25, 0.3) is 11.1 Å². The molecule has 33 heavy (non-hydrogen) atoms. The van der Waals surface area contributed by atoms with Crippen LogP contribution >= 0.6 is 0 Å². The normalized spacial score (nSPS) is 13.6. The van der Waals surface area contributed by atoms with E-state index in [0.717, 1.165) is 22.3 Å². The molecular weight excluding hydrogens is 420 g/mol. The fourth-order valence-electron chi connectivity index (χ4n) is 4.26. The van der Waals surface area contributed by atoms with Crippen molar-refractivity contribution >= 4 is 18.0 Å². The molecule has 2 N–H and O–H groups in total. The highest BCUT2D eigenvalue weighted by Gasteiger charge is 2.31. The minimum absolute atomic E-state index is 0.00520. The number of carboxylic acids is 1. The molecule has 2 amide bonds. The van der Waals surface area contributed by atoms with Crippen LogP contribution in [0.3, 0.4) is 0 Å². The molecule has 0 saturated carbocycles. The van der Waals surface area contributed by atoms with Gasteiger partial charge in [-0.25, -0.2) is 4.79 Å². The average Bonchev–Trinajstić information content (AvgIpc) is 3.08. The van der Waals surface area contributed by atoms with Gasteiger partial charge < -0.3 is 20.1 Å². The van der Waals surface area contributed by atoms with Gasteiger partial charge in [-0.3, -0.25) is 9.59 Å². The molecule has 0 spiro atoms. The first-order valence-electron chi connectivity index (χ1n) is 11.3. The van der Waals surface area contributed by atoms with Gasteiger partial charge in [0, 0.05) is 23.9 Å². The van der Waals surface area contributed by atoms with E-state index in [1.165, 1.54) is 4.90 Å². The smallest absolute Gasteiger partial charge is 0.407 e. The number of fused-ring (bicyclic) bond motifs is 3. The van der Waals surface area contributed by atoms with Crippen LogP contribution in [0.2, 0.25) is 0 Å². The average molecular weight is 453 g/mol. The number of ether oxygens (including phenoxy) is 1. The number of rotatable bonds is 8. The molecule has 2 aromatic carbocycles. The summed E-state index contributed by atoms with van der Waals surface area (Å²) in [5, 5.41) is 11.9. The second kappa shape index (κ2) is 10.1. The van der Waals surface area contributed by atoms with E-state index in [4.69, 9.17) is 9.84 Å². The number of nitrogens with one attached hydrogen (secondary N) is 1. The second-order valence-corrected chi connectivity index (χ2v) is 9.32. The summed E-state index contributed by atoms with van der Waals surface area (Å²) in [6, 6.07) is 15.8. The van der Waals surface area contributed by atoms with Crippen LogP contribution in [0.15, 0.2) is 48.5 Å². The molecule has 0 saturated heterocycles. The lowest BCUT2D eigenvalue weighted by atomic mass is 9.98. The first-order valence-corrected chi connectivity index (χ1v) is 11.3.